The van der Waals surface area contributed by atoms with Gasteiger partial charge < -0.3 is 10.1 Å². The lowest BCUT2D eigenvalue weighted by Crippen LogP contribution is -2.28. The summed E-state index contributed by atoms with van der Waals surface area (Å²) in [6.07, 6.45) is 2.54. The van der Waals surface area contributed by atoms with Crippen molar-refractivity contribution in [3.05, 3.63) is 71.5 Å². The number of hydrogen-bond acceptors (Lipinski definition) is 4. The van der Waals surface area contributed by atoms with Gasteiger partial charge in [-0.3, -0.25) is 0 Å². The molecule has 1 aliphatic rings. The molecule has 0 fully saturated rings. The van der Waals surface area contributed by atoms with E-state index < -0.39 is 0 Å². The Hall–Kier alpha value is -2.82. The fourth-order valence-corrected chi connectivity index (χ4v) is 3.46. The maximum absolute atomic E-state index is 5.55. The number of rotatable bonds is 4. The molecule has 0 bridgehead atoms. The van der Waals surface area contributed by atoms with Crippen molar-refractivity contribution in [3.63, 3.8) is 0 Å². The Morgan fingerprint density at radius 3 is 2.76 bits per heavy atom. The van der Waals surface area contributed by atoms with Gasteiger partial charge in [0.05, 0.1) is 18.7 Å². The summed E-state index contributed by atoms with van der Waals surface area (Å²) < 4.78 is 7.53. The number of nitrogens with one attached hydrogen (secondary N) is 1. The molecule has 1 aliphatic heterocycles. The molecule has 0 radical (unpaired) electrons. The van der Waals surface area contributed by atoms with Crippen LogP contribution < -0.4 is 10.1 Å². The summed E-state index contributed by atoms with van der Waals surface area (Å²) in [7, 11) is 0. The predicted octanol–water partition coefficient (Wildman–Crippen LogP) is 4.13. The minimum atomic E-state index is 0.176. The van der Waals surface area contributed by atoms with E-state index >= 15 is 0 Å². The third kappa shape index (κ3) is 3.09. The first-order valence-corrected chi connectivity index (χ1v) is 8.70. The van der Waals surface area contributed by atoms with Crippen LogP contribution in [0, 0.1) is 6.92 Å². The van der Waals surface area contributed by atoms with Crippen LogP contribution in [0.4, 0.5) is 5.95 Å². The van der Waals surface area contributed by atoms with E-state index in [1.165, 1.54) is 16.7 Å². The Bertz CT molecular complexity index is 856. The van der Waals surface area contributed by atoms with Crippen molar-refractivity contribution in [1.29, 1.82) is 0 Å². The highest BCUT2D eigenvalue weighted by atomic mass is 16.5. The largest absolute Gasteiger partial charge is 0.494 e. The summed E-state index contributed by atoms with van der Waals surface area (Å²) in [6, 6.07) is 17.3. The van der Waals surface area contributed by atoms with Crippen molar-refractivity contribution < 1.29 is 4.74 Å². The normalized spacial score (nSPS) is 19.1. The van der Waals surface area contributed by atoms with Gasteiger partial charge in [-0.1, -0.05) is 42.0 Å². The van der Waals surface area contributed by atoms with Crippen LogP contribution in [0.2, 0.25) is 0 Å². The van der Waals surface area contributed by atoms with Crippen LogP contribution >= 0.6 is 0 Å². The van der Waals surface area contributed by atoms with E-state index in [9.17, 15) is 0 Å². The van der Waals surface area contributed by atoms with Crippen LogP contribution in [0.3, 0.4) is 0 Å². The Morgan fingerprint density at radius 1 is 1.16 bits per heavy atom. The SMILES string of the molecule is CCOc1ccc([C@@H]2C[C@H](c3cccc(C)c3)n3ncnc3N2)cc1. The number of nitrogens with zero attached hydrogens (tertiary/aromatic N) is 3. The Morgan fingerprint density at radius 2 is 2.00 bits per heavy atom. The fraction of sp³-hybridized carbons (Fsp3) is 0.300. The fourth-order valence-electron chi connectivity index (χ4n) is 3.46. The Labute approximate surface area is 147 Å². The second kappa shape index (κ2) is 6.59. The van der Waals surface area contributed by atoms with Crippen molar-refractivity contribution >= 4 is 5.95 Å². The van der Waals surface area contributed by atoms with Gasteiger partial charge in [0.2, 0.25) is 5.95 Å². The summed E-state index contributed by atoms with van der Waals surface area (Å²) in [5, 5.41) is 7.94. The van der Waals surface area contributed by atoms with Gasteiger partial charge in [0.15, 0.2) is 0 Å². The highest BCUT2D eigenvalue weighted by Gasteiger charge is 2.29. The van der Waals surface area contributed by atoms with Crippen LogP contribution in [0.5, 0.6) is 5.75 Å². The molecule has 5 heteroatoms. The van der Waals surface area contributed by atoms with Gasteiger partial charge >= 0.3 is 0 Å². The number of anilines is 1. The van der Waals surface area contributed by atoms with Gasteiger partial charge in [0.25, 0.3) is 0 Å². The summed E-state index contributed by atoms with van der Waals surface area (Å²) in [5.41, 5.74) is 3.76. The molecule has 5 nitrogen and oxygen atoms in total. The Kier molecular flexibility index (Phi) is 4.14. The molecule has 0 saturated heterocycles. The maximum atomic E-state index is 5.55. The number of fused-ring (bicyclic) bond motifs is 1. The Balaban J connectivity index is 1.66. The predicted molar refractivity (Wildman–Crippen MR) is 97.9 cm³/mol. The molecule has 0 unspecified atom stereocenters. The number of ether oxygens (including phenoxy) is 1. The zero-order valence-corrected chi connectivity index (χ0v) is 14.5. The van der Waals surface area contributed by atoms with Gasteiger partial charge in [-0.2, -0.15) is 10.1 Å². The van der Waals surface area contributed by atoms with Crippen LogP contribution in [0.1, 0.15) is 42.1 Å². The lowest BCUT2D eigenvalue weighted by Gasteiger charge is -2.32. The van der Waals surface area contributed by atoms with Crippen LogP contribution in [0.15, 0.2) is 54.9 Å². The molecular formula is C20H22N4O. The highest BCUT2D eigenvalue weighted by Crippen LogP contribution is 2.37. The third-order valence-electron chi connectivity index (χ3n) is 4.65. The van der Waals surface area contributed by atoms with Crippen molar-refractivity contribution in [2.75, 3.05) is 11.9 Å². The van der Waals surface area contributed by atoms with E-state index in [2.05, 4.69) is 58.7 Å². The van der Waals surface area contributed by atoms with Crippen molar-refractivity contribution in [3.8, 4) is 5.75 Å². The molecule has 2 atom stereocenters. The maximum Gasteiger partial charge on any atom is 0.222 e. The minimum absolute atomic E-state index is 0.176. The first-order chi connectivity index (χ1) is 12.2. The van der Waals surface area contributed by atoms with E-state index in [1.54, 1.807) is 6.33 Å². The summed E-state index contributed by atoms with van der Waals surface area (Å²) in [5.74, 6) is 1.72. The topological polar surface area (TPSA) is 52.0 Å². The standard InChI is InChI=1S/C20H22N4O/c1-3-25-17-9-7-15(8-10-17)18-12-19(16-6-4-5-14(2)11-16)24-20(23-18)21-13-22-24/h4-11,13,18-19H,3,12H2,1-2H3,(H,21,22,23)/t18-,19+/m0/s1. The van der Waals surface area contributed by atoms with Crippen LogP contribution in [-0.2, 0) is 0 Å². The highest BCUT2D eigenvalue weighted by molar-refractivity contribution is 5.40. The minimum Gasteiger partial charge on any atom is -0.494 e. The van der Waals surface area contributed by atoms with Gasteiger partial charge in [0.1, 0.15) is 12.1 Å². The molecule has 4 rings (SSSR count). The van der Waals surface area contributed by atoms with Crippen LogP contribution in [0.25, 0.3) is 0 Å². The average Bonchev–Trinajstić information content (AvgIpc) is 3.10. The molecular weight excluding hydrogens is 312 g/mol. The number of benzene rings is 2. The van der Waals surface area contributed by atoms with E-state index in [-0.39, 0.29) is 12.1 Å². The van der Waals surface area contributed by atoms with Gasteiger partial charge in [-0.05, 0) is 43.5 Å². The zero-order chi connectivity index (χ0) is 17.2. The van der Waals surface area contributed by atoms with Gasteiger partial charge in [-0.15, -0.1) is 0 Å². The number of hydrogen-bond donors (Lipinski definition) is 1. The number of aromatic nitrogens is 3. The van der Waals surface area contributed by atoms with E-state index in [0.717, 1.165) is 18.1 Å². The molecule has 128 valence electrons. The third-order valence-corrected chi connectivity index (χ3v) is 4.65. The molecule has 0 aliphatic carbocycles. The zero-order valence-electron chi connectivity index (χ0n) is 14.5. The molecule has 1 aromatic heterocycles. The van der Waals surface area contributed by atoms with E-state index in [1.807, 2.05) is 23.7 Å². The molecule has 2 aromatic carbocycles. The second-order valence-electron chi connectivity index (χ2n) is 6.39. The molecule has 3 aromatic rings. The molecule has 0 spiro atoms. The first-order valence-electron chi connectivity index (χ1n) is 8.70. The lowest BCUT2D eigenvalue weighted by atomic mass is 9.92. The average molecular weight is 334 g/mol. The van der Waals surface area contributed by atoms with Gasteiger partial charge in [-0.25, -0.2) is 4.68 Å². The monoisotopic (exact) mass is 334 g/mol. The van der Waals surface area contributed by atoms with Crippen molar-refractivity contribution in [1.82, 2.24) is 14.8 Å². The lowest BCUT2D eigenvalue weighted by molar-refractivity contribution is 0.340. The summed E-state index contributed by atoms with van der Waals surface area (Å²) in [6.45, 7) is 4.80. The summed E-state index contributed by atoms with van der Waals surface area (Å²) in [4.78, 5) is 4.39. The molecule has 1 N–H and O–H groups in total. The smallest absolute Gasteiger partial charge is 0.222 e. The number of aryl methyl sites for hydroxylation is 1. The van der Waals surface area contributed by atoms with E-state index in [0.29, 0.717) is 6.61 Å². The summed E-state index contributed by atoms with van der Waals surface area (Å²) >= 11 is 0. The molecule has 0 saturated carbocycles. The molecule has 25 heavy (non-hydrogen) atoms. The van der Waals surface area contributed by atoms with Gasteiger partial charge in [0, 0.05) is 0 Å². The molecule has 2 heterocycles. The first kappa shape index (κ1) is 15.7. The molecule has 0 amide bonds. The second-order valence-corrected chi connectivity index (χ2v) is 6.39. The van der Waals surface area contributed by atoms with E-state index in [4.69, 9.17) is 4.74 Å². The van der Waals surface area contributed by atoms with Crippen LogP contribution in [-0.4, -0.2) is 21.4 Å². The quantitative estimate of drug-likeness (QED) is 0.779. The van der Waals surface area contributed by atoms with Crippen molar-refractivity contribution in [2.24, 2.45) is 0 Å². The van der Waals surface area contributed by atoms with Crippen molar-refractivity contribution in [2.45, 2.75) is 32.4 Å².